The Morgan fingerprint density at radius 3 is 2.64 bits per heavy atom. The molecule has 3 aliphatic heterocycles. The highest BCUT2D eigenvalue weighted by Crippen LogP contribution is 2.44. The van der Waals surface area contributed by atoms with Crippen LogP contribution in [0.15, 0.2) is 49.1 Å². The molecule has 3 aromatic rings. The fraction of sp³-hybridized carbons (Fsp3) is 0.486. The summed E-state index contributed by atoms with van der Waals surface area (Å²) in [6.07, 6.45) is 7.25. The Kier molecular flexibility index (Phi) is 7.63. The van der Waals surface area contributed by atoms with E-state index in [1.165, 1.54) is 40.9 Å². The molecule has 0 bridgehead atoms. The molecule has 1 saturated carbocycles. The zero-order chi connectivity index (χ0) is 30.3. The molecule has 228 valence electrons. The highest BCUT2D eigenvalue weighted by Gasteiger charge is 2.49. The Bertz CT molecular complexity index is 1620. The molecule has 44 heavy (non-hydrogen) atoms. The fourth-order valence-electron chi connectivity index (χ4n) is 7.51. The van der Waals surface area contributed by atoms with Crippen LogP contribution in [-0.4, -0.2) is 83.1 Å². The molecule has 9 heteroatoms. The maximum absolute atomic E-state index is 12.6. The van der Waals surface area contributed by atoms with Crippen LogP contribution in [0.2, 0.25) is 0 Å². The van der Waals surface area contributed by atoms with Gasteiger partial charge in [-0.05, 0) is 75.2 Å². The van der Waals surface area contributed by atoms with Crippen LogP contribution in [0.5, 0.6) is 6.01 Å². The first-order valence-corrected chi connectivity index (χ1v) is 16.1. The molecular weight excluding hydrogens is 550 g/mol. The van der Waals surface area contributed by atoms with E-state index in [2.05, 4.69) is 70.7 Å². The second-order valence-corrected chi connectivity index (χ2v) is 12.8. The third kappa shape index (κ3) is 5.26. The van der Waals surface area contributed by atoms with Gasteiger partial charge in [0.15, 0.2) is 0 Å². The van der Waals surface area contributed by atoms with E-state index in [1.54, 1.807) is 4.90 Å². The molecule has 2 saturated heterocycles. The molecule has 3 fully saturated rings. The number of benzene rings is 2. The molecular formula is C35H41N7O2. The van der Waals surface area contributed by atoms with Crippen LogP contribution >= 0.6 is 0 Å². The van der Waals surface area contributed by atoms with Crippen molar-refractivity contribution in [2.75, 3.05) is 55.7 Å². The number of piperazine rings is 1. The number of rotatable bonds is 8. The van der Waals surface area contributed by atoms with Crippen LogP contribution in [0.25, 0.3) is 10.8 Å². The predicted molar refractivity (Wildman–Crippen MR) is 172 cm³/mol. The van der Waals surface area contributed by atoms with Gasteiger partial charge in [-0.3, -0.25) is 9.69 Å². The summed E-state index contributed by atoms with van der Waals surface area (Å²) in [6.45, 7) is 12.0. The number of carbonyl (C=O) groups excluding carboxylic acids is 1. The largest absolute Gasteiger partial charge is 0.461 e. The Morgan fingerprint density at radius 2 is 1.89 bits per heavy atom. The third-order valence-corrected chi connectivity index (χ3v) is 10.1. The van der Waals surface area contributed by atoms with Gasteiger partial charge in [0.25, 0.3) is 0 Å². The predicted octanol–water partition coefficient (Wildman–Crippen LogP) is 4.63. The van der Waals surface area contributed by atoms with Gasteiger partial charge < -0.3 is 19.4 Å². The lowest BCUT2D eigenvalue weighted by molar-refractivity contribution is -0.128. The van der Waals surface area contributed by atoms with E-state index in [0.29, 0.717) is 38.8 Å². The van der Waals surface area contributed by atoms with Crippen molar-refractivity contribution < 1.29 is 9.53 Å². The van der Waals surface area contributed by atoms with E-state index in [1.807, 2.05) is 0 Å². The summed E-state index contributed by atoms with van der Waals surface area (Å²) in [7, 11) is 0. The number of ether oxygens (including phenoxy) is 1. The van der Waals surface area contributed by atoms with Crippen LogP contribution < -0.4 is 14.5 Å². The van der Waals surface area contributed by atoms with Gasteiger partial charge in [0.1, 0.15) is 12.4 Å². The minimum absolute atomic E-state index is 0.122. The highest BCUT2D eigenvalue weighted by atomic mass is 16.5. The van der Waals surface area contributed by atoms with Gasteiger partial charge in [-0.25, -0.2) is 0 Å². The second kappa shape index (κ2) is 11.7. The monoisotopic (exact) mass is 591 g/mol. The van der Waals surface area contributed by atoms with E-state index < -0.39 is 0 Å². The molecule has 1 aromatic heterocycles. The van der Waals surface area contributed by atoms with Gasteiger partial charge in [0.05, 0.1) is 36.3 Å². The zero-order valence-electron chi connectivity index (χ0n) is 25.7. The van der Waals surface area contributed by atoms with Gasteiger partial charge >= 0.3 is 6.01 Å². The normalized spacial score (nSPS) is 21.2. The summed E-state index contributed by atoms with van der Waals surface area (Å²) in [5.41, 5.74) is 4.76. The Hall–Kier alpha value is -4.16. The molecule has 1 amide bonds. The van der Waals surface area contributed by atoms with Crippen molar-refractivity contribution in [3.8, 4) is 12.1 Å². The Morgan fingerprint density at radius 1 is 1.09 bits per heavy atom. The molecule has 0 unspecified atom stereocenters. The van der Waals surface area contributed by atoms with Crippen molar-refractivity contribution in [3.63, 3.8) is 0 Å². The van der Waals surface area contributed by atoms with Crippen molar-refractivity contribution in [3.05, 3.63) is 65.9 Å². The van der Waals surface area contributed by atoms with Crippen molar-refractivity contribution in [2.24, 2.45) is 0 Å². The summed E-state index contributed by atoms with van der Waals surface area (Å²) in [6, 6.07) is 15.5. The molecule has 0 spiro atoms. The number of aromatic nitrogens is 2. The molecule has 1 aliphatic carbocycles. The summed E-state index contributed by atoms with van der Waals surface area (Å²) in [4.78, 5) is 31.8. The van der Waals surface area contributed by atoms with Gasteiger partial charge in [0, 0.05) is 42.8 Å². The molecule has 9 nitrogen and oxygen atoms in total. The number of likely N-dealkylation sites (tertiary alicyclic amines) is 1. The SMILES string of the molecule is C=CC(=O)N1CCN(c2nc(OCC3(N4CCCC4)CC3)nc3c2CCN(c2cccc4cccc(C)c24)C3)C[C@@H]1CC#N. The second-order valence-electron chi connectivity index (χ2n) is 12.8. The van der Waals surface area contributed by atoms with Gasteiger partial charge in [-0.2, -0.15) is 15.2 Å². The van der Waals surface area contributed by atoms with Crippen LogP contribution in [0.3, 0.4) is 0 Å². The Labute approximate surface area is 259 Å². The lowest BCUT2D eigenvalue weighted by Crippen LogP contribution is -2.55. The number of anilines is 2. The number of hydrogen-bond donors (Lipinski definition) is 0. The van der Waals surface area contributed by atoms with E-state index in [9.17, 15) is 10.1 Å². The van der Waals surface area contributed by atoms with Crippen LogP contribution in [0.1, 0.15) is 48.9 Å². The van der Waals surface area contributed by atoms with E-state index >= 15 is 0 Å². The molecule has 1 atom stereocenters. The maximum atomic E-state index is 12.6. The van der Waals surface area contributed by atoms with Crippen molar-refractivity contribution in [1.82, 2.24) is 19.8 Å². The molecule has 2 aromatic carbocycles. The average Bonchev–Trinajstić information content (AvgIpc) is 3.63. The average molecular weight is 592 g/mol. The zero-order valence-corrected chi connectivity index (χ0v) is 25.7. The first-order chi connectivity index (χ1) is 21.5. The molecule has 0 radical (unpaired) electrons. The molecule has 0 N–H and O–H groups in total. The number of amides is 1. The maximum Gasteiger partial charge on any atom is 0.318 e. The first-order valence-electron chi connectivity index (χ1n) is 16.1. The van der Waals surface area contributed by atoms with Crippen molar-refractivity contribution in [2.45, 2.75) is 63.6 Å². The summed E-state index contributed by atoms with van der Waals surface area (Å²) >= 11 is 0. The van der Waals surface area contributed by atoms with E-state index in [0.717, 1.165) is 56.0 Å². The molecule has 7 rings (SSSR count). The van der Waals surface area contributed by atoms with Crippen LogP contribution in [-0.2, 0) is 17.8 Å². The van der Waals surface area contributed by atoms with Crippen LogP contribution in [0.4, 0.5) is 11.5 Å². The lowest BCUT2D eigenvalue weighted by atomic mass is 9.99. The lowest BCUT2D eigenvalue weighted by Gasteiger charge is -2.42. The minimum Gasteiger partial charge on any atom is -0.461 e. The third-order valence-electron chi connectivity index (χ3n) is 10.1. The van der Waals surface area contributed by atoms with E-state index in [4.69, 9.17) is 14.7 Å². The summed E-state index contributed by atoms with van der Waals surface area (Å²) in [5.74, 6) is 0.759. The van der Waals surface area contributed by atoms with E-state index in [-0.39, 0.29) is 23.9 Å². The summed E-state index contributed by atoms with van der Waals surface area (Å²) in [5, 5.41) is 12.1. The quantitative estimate of drug-likeness (QED) is 0.351. The number of hydrogen-bond acceptors (Lipinski definition) is 8. The number of nitriles is 1. The highest BCUT2D eigenvalue weighted by molar-refractivity contribution is 5.97. The fourth-order valence-corrected chi connectivity index (χ4v) is 7.51. The minimum atomic E-state index is -0.224. The molecule has 4 aliphatic rings. The number of fused-ring (bicyclic) bond motifs is 2. The molecule has 4 heterocycles. The number of carbonyl (C=O) groups is 1. The standard InChI is InChI=1S/C35H41N7O2/c1-3-31(43)42-21-20-40(22-27(42)12-16-36)33-28-13-19-39(30-11-7-10-26-9-6-8-25(2)32(26)30)23-29(28)37-34(38-33)44-24-35(14-15-35)41-17-4-5-18-41/h3,6-11,27H,1,4-5,12-15,17-24H2,2H3/t27-/m0/s1. The number of nitrogens with zero attached hydrogens (tertiary/aromatic N) is 7. The van der Waals surface area contributed by atoms with Crippen molar-refractivity contribution in [1.29, 1.82) is 5.26 Å². The topological polar surface area (TPSA) is 88.8 Å². The Balaban J connectivity index is 1.22. The van der Waals surface area contributed by atoms with Crippen molar-refractivity contribution >= 4 is 28.2 Å². The van der Waals surface area contributed by atoms with Gasteiger partial charge in [-0.1, -0.05) is 36.9 Å². The van der Waals surface area contributed by atoms with Gasteiger partial charge in [0.2, 0.25) is 5.91 Å². The summed E-state index contributed by atoms with van der Waals surface area (Å²) < 4.78 is 6.49. The first kappa shape index (κ1) is 28.6. The van der Waals surface area contributed by atoms with Gasteiger partial charge in [-0.15, -0.1) is 0 Å². The van der Waals surface area contributed by atoms with Crippen LogP contribution in [0, 0.1) is 18.3 Å². The smallest absolute Gasteiger partial charge is 0.318 e. The number of aryl methyl sites for hydroxylation is 1.